The molecule has 2 heteroatoms. The van der Waals surface area contributed by atoms with E-state index >= 15 is 0 Å². The van der Waals surface area contributed by atoms with Crippen LogP contribution in [0.3, 0.4) is 0 Å². The first-order valence-electron chi connectivity index (χ1n) is 5.91. The Hall–Kier alpha value is -1.02. The van der Waals surface area contributed by atoms with Gasteiger partial charge in [-0.25, -0.2) is 0 Å². The molecule has 2 rings (SSSR count). The highest BCUT2D eigenvalue weighted by molar-refractivity contribution is 9.08. The predicted octanol–water partition coefficient (Wildman–Crippen LogP) is 4.77. The predicted molar refractivity (Wildman–Crippen MR) is 76.9 cm³/mol. The molecule has 0 N–H and O–H groups in total. The molecule has 0 unspecified atom stereocenters. The molecule has 0 aliphatic heterocycles. The van der Waals surface area contributed by atoms with E-state index < -0.39 is 0 Å². The topological polar surface area (TPSA) is 9.23 Å². The molecule has 0 saturated carbocycles. The van der Waals surface area contributed by atoms with Crippen molar-refractivity contribution in [3.8, 4) is 5.75 Å². The van der Waals surface area contributed by atoms with Crippen LogP contribution >= 0.6 is 15.9 Å². The van der Waals surface area contributed by atoms with E-state index in [2.05, 4.69) is 66.2 Å². The summed E-state index contributed by atoms with van der Waals surface area (Å²) >= 11 is 3.56. The lowest BCUT2D eigenvalue weighted by Crippen LogP contribution is -2.06. The van der Waals surface area contributed by atoms with Crippen molar-refractivity contribution in [2.75, 3.05) is 6.61 Å². The van der Waals surface area contributed by atoms with E-state index in [-0.39, 0.29) is 0 Å². The molecule has 0 bridgehead atoms. The van der Waals surface area contributed by atoms with Gasteiger partial charge in [0.15, 0.2) is 0 Å². The first-order valence-corrected chi connectivity index (χ1v) is 7.04. The van der Waals surface area contributed by atoms with Crippen LogP contribution in [0.1, 0.15) is 19.4 Å². The summed E-state index contributed by atoms with van der Waals surface area (Å²) in [4.78, 5) is 0. The SMILES string of the molecule is CC(C)COc1ccc2ccccc2c1CBr. The summed E-state index contributed by atoms with van der Waals surface area (Å²) in [5.74, 6) is 1.54. The second-order valence-corrected chi connectivity index (χ2v) is 5.16. The highest BCUT2D eigenvalue weighted by Crippen LogP contribution is 2.30. The maximum absolute atomic E-state index is 5.87. The number of fused-ring (bicyclic) bond motifs is 1. The van der Waals surface area contributed by atoms with Crippen molar-refractivity contribution in [1.82, 2.24) is 0 Å². The quantitative estimate of drug-likeness (QED) is 0.738. The summed E-state index contributed by atoms with van der Waals surface area (Å²) in [6.45, 7) is 5.09. The minimum absolute atomic E-state index is 0.546. The van der Waals surface area contributed by atoms with Gasteiger partial charge in [0, 0.05) is 10.9 Å². The van der Waals surface area contributed by atoms with Crippen LogP contribution in [-0.2, 0) is 5.33 Å². The van der Waals surface area contributed by atoms with E-state index in [1.54, 1.807) is 0 Å². The van der Waals surface area contributed by atoms with Gasteiger partial charge in [0.25, 0.3) is 0 Å². The van der Waals surface area contributed by atoms with Gasteiger partial charge in [-0.1, -0.05) is 60.1 Å². The summed E-state index contributed by atoms with van der Waals surface area (Å²) in [7, 11) is 0. The van der Waals surface area contributed by atoms with Gasteiger partial charge in [-0.2, -0.15) is 0 Å². The van der Waals surface area contributed by atoms with Gasteiger partial charge in [0.1, 0.15) is 5.75 Å². The normalized spacial score (nSPS) is 11.1. The Bertz CT molecular complexity index is 505. The number of alkyl halides is 1. The molecule has 0 amide bonds. The molecule has 0 spiro atoms. The largest absolute Gasteiger partial charge is 0.493 e. The number of halogens is 1. The Kier molecular flexibility index (Phi) is 4.06. The van der Waals surface area contributed by atoms with E-state index in [0.717, 1.165) is 17.7 Å². The van der Waals surface area contributed by atoms with Gasteiger partial charge in [-0.05, 0) is 22.8 Å². The molecule has 1 nitrogen and oxygen atoms in total. The van der Waals surface area contributed by atoms with Crippen molar-refractivity contribution in [2.24, 2.45) is 5.92 Å². The first-order chi connectivity index (χ1) is 8.22. The van der Waals surface area contributed by atoms with Crippen molar-refractivity contribution < 1.29 is 4.74 Å². The van der Waals surface area contributed by atoms with Crippen LogP contribution in [0.4, 0.5) is 0 Å². The minimum atomic E-state index is 0.546. The van der Waals surface area contributed by atoms with Gasteiger partial charge in [0.2, 0.25) is 0 Å². The molecule has 0 saturated heterocycles. The van der Waals surface area contributed by atoms with Crippen LogP contribution in [0.15, 0.2) is 36.4 Å². The van der Waals surface area contributed by atoms with Crippen LogP contribution in [0, 0.1) is 5.92 Å². The average molecular weight is 293 g/mol. The average Bonchev–Trinajstić information content (AvgIpc) is 2.35. The summed E-state index contributed by atoms with van der Waals surface area (Å²) in [6, 6.07) is 12.6. The zero-order valence-corrected chi connectivity index (χ0v) is 11.8. The zero-order valence-electron chi connectivity index (χ0n) is 10.2. The molecule has 17 heavy (non-hydrogen) atoms. The number of hydrogen-bond acceptors (Lipinski definition) is 1. The van der Waals surface area contributed by atoms with E-state index in [9.17, 15) is 0 Å². The molecule has 0 atom stereocenters. The molecule has 0 heterocycles. The van der Waals surface area contributed by atoms with Crippen molar-refractivity contribution in [3.05, 3.63) is 42.0 Å². The zero-order chi connectivity index (χ0) is 12.3. The fourth-order valence-electron chi connectivity index (χ4n) is 1.85. The molecule has 2 aromatic carbocycles. The van der Waals surface area contributed by atoms with Crippen molar-refractivity contribution in [3.63, 3.8) is 0 Å². The molecule has 2 aromatic rings. The Morgan fingerprint density at radius 1 is 1.12 bits per heavy atom. The number of hydrogen-bond donors (Lipinski definition) is 0. The smallest absolute Gasteiger partial charge is 0.123 e. The summed E-state index contributed by atoms with van der Waals surface area (Å²) < 4.78 is 5.87. The monoisotopic (exact) mass is 292 g/mol. The van der Waals surface area contributed by atoms with Crippen LogP contribution in [0.5, 0.6) is 5.75 Å². The van der Waals surface area contributed by atoms with Gasteiger partial charge in [0.05, 0.1) is 6.61 Å². The van der Waals surface area contributed by atoms with Crippen molar-refractivity contribution >= 4 is 26.7 Å². The van der Waals surface area contributed by atoms with Crippen LogP contribution in [0.25, 0.3) is 10.8 Å². The second kappa shape index (κ2) is 5.54. The van der Waals surface area contributed by atoms with Crippen LogP contribution < -0.4 is 4.74 Å². The summed E-state index contributed by atoms with van der Waals surface area (Å²) in [5, 5.41) is 3.35. The third-order valence-electron chi connectivity index (χ3n) is 2.70. The number of ether oxygens (including phenoxy) is 1. The maximum Gasteiger partial charge on any atom is 0.123 e. The second-order valence-electron chi connectivity index (χ2n) is 4.60. The van der Waals surface area contributed by atoms with Crippen LogP contribution in [-0.4, -0.2) is 6.61 Å². The molecule has 0 radical (unpaired) electrons. The molecule has 0 aliphatic rings. The highest BCUT2D eigenvalue weighted by Gasteiger charge is 2.08. The Morgan fingerprint density at radius 2 is 1.88 bits per heavy atom. The Labute approximate surface area is 111 Å². The van der Waals surface area contributed by atoms with E-state index in [4.69, 9.17) is 4.74 Å². The lowest BCUT2D eigenvalue weighted by molar-refractivity contribution is 0.269. The fourth-order valence-corrected chi connectivity index (χ4v) is 2.42. The summed E-state index contributed by atoms with van der Waals surface area (Å²) in [6.07, 6.45) is 0. The minimum Gasteiger partial charge on any atom is -0.493 e. The van der Waals surface area contributed by atoms with Gasteiger partial charge in [-0.15, -0.1) is 0 Å². The van der Waals surface area contributed by atoms with Gasteiger partial charge >= 0.3 is 0 Å². The summed E-state index contributed by atoms with van der Waals surface area (Å²) in [5.41, 5.74) is 1.24. The van der Waals surface area contributed by atoms with Gasteiger partial charge in [-0.3, -0.25) is 0 Å². The molecule has 90 valence electrons. The molecule has 0 aromatic heterocycles. The molecule has 0 fully saturated rings. The highest BCUT2D eigenvalue weighted by atomic mass is 79.9. The third-order valence-corrected chi connectivity index (χ3v) is 3.26. The van der Waals surface area contributed by atoms with E-state index in [0.29, 0.717) is 5.92 Å². The molecule has 0 aliphatic carbocycles. The van der Waals surface area contributed by atoms with Gasteiger partial charge < -0.3 is 4.74 Å². The maximum atomic E-state index is 5.87. The third kappa shape index (κ3) is 2.81. The number of rotatable bonds is 4. The van der Waals surface area contributed by atoms with E-state index in [1.807, 2.05) is 0 Å². The van der Waals surface area contributed by atoms with Crippen molar-refractivity contribution in [1.29, 1.82) is 0 Å². The van der Waals surface area contributed by atoms with E-state index in [1.165, 1.54) is 16.3 Å². The van der Waals surface area contributed by atoms with Crippen LogP contribution in [0.2, 0.25) is 0 Å². The lowest BCUT2D eigenvalue weighted by Gasteiger charge is -2.14. The van der Waals surface area contributed by atoms with Crippen molar-refractivity contribution in [2.45, 2.75) is 19.2 Å². The Morgan fingerprint density at radius 3 is 2.59 bits per heavy atom. The lowest BCUT2D eigenvalue weighted by atomic mass is 10.0. The fraction of sp³-hybridized carbons (Fsp3) is 0.333. The molecular formula is C15H17BrO. The first kappa shape index (κ1) is 12.4. The number of benzene rings is 2. The standard InChI is InChI=1S/C15H17BrO/c1-11(2)10-17-15-8-7-12-5-3-4-6-13(12)14(15)9-16/h3-8,11H,9-10H2,1-2H3. The Balaban J connectivity index is 2.42. The molecular weight excluding hydrogens is 276 g/mol.